The molecule has 5 heteroatoms. The van der Waals surface area contributed by atoms with Crippen LogP contribution in [0.1, 0.15) is 9.49 Å². The molecule has 0 aliphatic rings. The van der Waals surface area contributed by atoms with Gasteiger partial charge in [-0.2, -0.15) is 0 Å². The second-order valence-corrected chi connectivity index (χ2v) is 3.73. The molecule has 0 radical (unpaired) electrons. The van der Waals surface area contributed by atoms with Crippen LogP contribution in [-0.4, -0.2) is 11.2 Å². The van der Waals surface area contributed by atoms with E-state index in [0.29, 0.717) is 0 Å². The molecule has 4 nitrogen and oxygen atoms in total. The molecule has 0 spiro atoms. The Hall–Kier alpha value is -0.980. The first-order valence-corrected chi connectivity index (χ1v) is 4.73. The summed E-state index contributed by atoms with van der Waals surface area (Å²) in [7, 11) is 0. The van der Waals surface area contributed by atoms with Crippen molar-refractivity contribution >= 4 is 34.6 Å². The Morgan fingerprint density at radius 3 is 2.31 bits per heavy atom. The summed E-state index contributed by atoms with van der Waals surface area (Å²) in [6.45, 7) is 0. The maximum Gasteiger partial charge on any atom is 0.269 e. The lowest BCUT2D eigenvalue weighted by atomic mass is 10.1. The van der Waals surface area contributed by atoms with Crippen LogP contribution in [0.2, 0.25) is 0 Å². The number of non-ortho nitro benzene ring substituents is 1. The Labute approximate surface area is 88.2 Å². The summed E-state index contributed by atoms with van der Waals surface area (Å²) in [6, 6.07) is 5.96. The summed E-state index contributed by atoms with van der Waals surface area (Å²) in [5, 5.41) is 10.3. The van der Waals surface area contributed by atoms with Crippen LogP contribution in [0.15, 0.2) is 24.3 Å². The molecule has 0 amide bonds. The van der Waals surface area contributed by atoms with Gasteiger partial charge < -0.3 is 4.79 Å². The number of hydrogen-bond acceptors (Lipinski definition) is 3. The van der Waals surface area contributed by atoms with Crippen molar-refractivity contribution in [3.05, 3.63) is 39.9 Å². The van der Waals surface area contributed by atoms with E-state index in [9.17, 15) is 14.9 Å². The molecule has 0 aromatic heterocycles. The maximum atomic E-state index is 10.4. The first kappa shape index (κ1) is 10.1. The molecule has 0 N–H and O–H groups in total. The summed E-state index contributed by atoms with van der Waals surface area (Å²) < 4.78 is -0.238. The van der Waals surface area contributed by atoms with Gasteiger partial charge in [0.1, 0.15) is 6.29 Å². The number of halogens is 1. The predicted molar refractivity (Wildman–Crippen MR) is 55.9 cm³/mol. The lowest BCUT2D eigenvalue weighted by molar-refractivity contribution is -0.384. The standard InChI is InChI=1S/C8H6INO3/c9-8(5-11)6-1-3-7(4-2-6)10(12)13/h1-5,8H. The van der Waals surface area contributed by atoms with Gasteiger partial charge in [-0.15, -0.1) is 0 Å². The van der Waals surface area contributed by atoms with E-state index in [4.69, 9.17) is 0 Å². The lowest BCUT2D eigenvalue weighted by Gasteiger charge is -2.00. The molecule has 1 atom stereocenters. The quantitative estimate of drug-likeness (QED) is 0.282. The number of aldehydes is 1. The number of carbonyl (C=O) groups is 1. The van der Waals surface area contributed by atoms with Crippen LogP contribution in [0.25, 0.3) is 0 Å². The molecule has 68 valence electrons. The highest BCUT2D eigenvalue weighted by atomic mass is 127. The van der Waals surface area contributed by atoms with Crippen LogP contribution in [0.5, 0.6) is 0 Å². The Bertz CT molecular complexity index is 323. The molecule has 0 aliphatic heterocycles. The number of hydrogen-bond donors (Lipinski definition) is 0. The number of carbonyl (C=O) groups excluding carboxylic acids is 1. The van der Waals surface area contributed by atoms with Crippen LogP contribution in [-0.2, 0) is 4.79 Å². The Morgan fingerprint density at radius 1 is 1.38 bits per heavy atom. The average molecular weight is 291 g/mol. The number of alkyl halides is 1. The van der Waals surface area contributed by atoms with E-state index in [1.165, 1.54) is 12.1 Å². The van der Waals surface area contributed by atoms with E-state index >= 15 is 0 Å². The second kappa shape index (κ2) is 4.31. The first-order chi connectivity index (χ1) is 6.15. The van der Waals surface area contributed by atoms with E-state index in [0.717, 1.165) is 11.8 Å². The average Bonchev–Trinajstić information content (AvgIpc) is 2.17. The smallest absolute Gasteiger partial charge is 0.269 e. The van der Waals surface area contributed by atoms with E-state index in [1.807, 2.05) is 22.6 Å². The molecule has 1 aromatic carbocycles. The highest BCUT2D eigenvalue weighted by Gasteiger charge is 2.08. The van der Waals surface area contributed by atoms with Gasteiger partial charge in [0.2, 0.25) is 0 Å². The molecule has 0 saturated carbocycles. The van der Waals surface area contributed by atoms with Crippen molar-refractivity contribution in [2.24, 2.45) is 0 Å². The monoisotopic (exact) mass is 291 g/mol. The molecular weight excluding hydrogens is 285 g/mol. The minimum absolute atomic E-state index is 0.0400. The van der Waals surface area contributed by atoms with Gasteiger partial charge >= 0.3 is 0 Å². The third-order valence-corrected chi connectivity index (χ3v) is 2.55. The van der Waals surface area contributed by atoms with Crippen molar-refractivity contribution in [1.29, 1.82) is 0 Å². The fourth-order valence-electron chi connectivity index (χ4n) is 0.858. The molecule has 1 aromatic rings. The SMILES string of the molecule is O=CC(I)c1ccc([N+](=O)[O-])cc1. The molecule has 13 heavy (non-hydrogen) atoms. The Balaban J connectivity index is 2.93. The second-order valence-electron chi connectivity index (χ2n) is 2.39. The number of nitro groups is 1. The zero-order chi connectivity index (χ0) is 9.84. The minimum atomic E-state index is -0.465. The Morgan fingerprint density at radius 2 is 1.92 bits per heavy atom. The Kier molecular flexibility index (Phi) is 3.35. The number of benzene rings is 1. The molecule has 0 heterocycles. The maximum absolute atomic E-state index is 10.4. The van der Waals surface area contributed by atoms with Crippen LogP contribution in [0.4, 0.5) is 5.69 Å². The zero-order valence-electron chi connectivity index (χ0n) is 6.51. The number of nitrogens with zero attached hydrogens (tertiary/aromatic N) is 1. The zero-order valence-corrected chi connectivity index (χ0v) is 8.67. The van der Waals surface area contributed by atoms with Crippen LogP contribution in [0.3, 0.4) is 0 Å². The van der Waals surface area contributed by atoms with Gasteiger partial charge in [0.05, 0.1) is 8.85 Å². The van der Waals surface area contributed by atoms with Gasteiger partial charge in [-0.05, 0) is 5.56 Å². The normalized spacial score (nSPS) is 12.1. The van der Waals surface area contributed by atoms with Crippen molar-refractivity contribution in [3.8, 4) is 0 Å². The van der Waals surface area contributed by atoms with Gasteiger partial charge in [-0.25, -0.2) is 0 Å². The molecule has 1 unspecified atom stereocenters. The van der Waals surface area contributed by atoms with Gasteiger partial charge in [0, 0.05) is 12.1 Å². The summed E-state index contributed by atoms with van der Waals surface area (Å²) in [4.78, 5) is 20.2. The molecule has 0 fully saturated rings. The van der Waals surface area contributed by atoms with Gasteiger partial charge in [0.15, 0.2) is 0 Å². The highest BCUT2D eigenvalue weighted by Crippen LogP contribution is 2.22. The van der Waals surface area contributed by atoms with Crippen molar-refractivity contribution in [2.45, 2.75) is 3.92 Å². The fourth-order valence-corrected chi connectivity index (χ4v) is 1.27. The predicted octanol–water partition coefficient (Wildman–Crippen LogP) is 2.27. The van der Waals surface area contributed by atoms with Crippen LogP contribution >= 0.6 is 22.6 Å². The van der Waals surface area contributed by atoms with Gasteiger partial charge in [-0.1, -0.05) is 34.7 Å². The molecule has 0 bridgehead atoms. The fraction of sp³-hybridized carbons (Fsp3) is 0.125. The van der Waals surface area contributed by atoms with Crippen molar-refractivity contribution in [2.75, 3.05) is 0 Å². The lowest BCUT2D eigenvalue weighted by Crippen LogP contribution is -1.92. The summed E-state index contributed by atoms with van der Waals surface area (Å²) in [5.41, 5.74) is 0.819. The molecule has 0 aliphatic carbocycles. The summed E-state index contributed by atoms with van der Waals surface area (Å²) in [5.74, 6) is 0. The van der Waals surface area contributed by atoms with E-state index in [-0.39, 0.29) is 9.61 Å². The van der Waals surface area contributed by atoms with Gasteiger partial charge in [0.25, 0.3) is 5.69 Å². The third-order valence-electron chi connectivity index (χ3n) is 1.54. The third kappa shape index (κ3) is 2.48. The van der Waals surface area contributed by atoms with Gasteiger partial charge in [-0.3, -0.25) is 10.1 Å². The summed E-state index contributed by atoms with van der Waals surface area (Å²) in [6.07, 6.45) is 0.793. The van der Waals surface area contributed by atoms with Crippen molar-refractivity contribution < 1.29 is 9.72 Å². The molecular formula is C8H6INO3. The van der Waals surface area contributed by atoms with E-state index in [2.05, 4.69) is 0 Å². The molecule has 0 saturated heterocycles. The highest BCUT2D eigenvalue weighted by molar-refractivity contribution is 14.1. The topological polar surface area (TPSA) is 60.2 Å². The first-order valence-electron chi connectivity index (χ1n) is 3.49. The van der Waals surface area contributed by atoms with E-state index < -0.39 is 4.92 Å². The van der Waals surface area contributed by atoms with Crippen molar-refractivity contribution in [3.63, 3.8) is 0 Å². The number of nitro benzene ring substituents is 1. The minimum Gasteiger partial charge on any atom is -0.302 e. The summed E-state index contributed by atoms with van der Waals surface area (Å²) >= 11 is 1.96. The van der Waals surface area contributed by atoms with Crippen molar-refractivity contribution in [1.82, 2.24) is 0 Å². The van der Waals surface area contributed by atoms with Crippen LogP contribution in [0, 0.1) is 10.1 Å². The number of rotatable bonds is 3. The largest absolute Gasteiger partial charge is 0.302 e. The van der Waals surface area contributed by atoms with E-state index in [1.54, 1.807) is 12.1 Å². The van der Waals surface area contributed by atoms with Crippen LogP contribution < -0.4 is 0 Å². The molecule has 1 rings (SSSR count).